The molecule has 11 rings (SSSR count). The van der Waals surface area contributed by atoms with Gasteiger partial charge in [0.1, 0.15) is 23.1 Å². The Bertz CT molecular complexity index is 3820. The van der Waals surface area contributed by atoms with Gasteiger partial charge >= 0.3 is 0 Å². The number of benzene rings is 1. The molecule has 0 radical (unpaired) electrons. The standard InChI is InChI=1S/C24H26N8O3.C19H20ClN5O2.C13H15N3O2/c1-24(2,35)14-6-9-20(26-12-14)31-10-4-5-16(23(31)34)29-19-11-17(25-3)21-27-13-18(32(21)30-19)22(33)28-15-7-8-15;1-24(11-12-3-7-14(27-2)8-4-12)15-9-17(20)23-25-16(10-21-18(15)25)19(26)22-13-5-6-13;1-13(2,18)9-5-6-11(15-8-9)16-7-3-4-10(14)12(16)17/h4-6,9-13,15,25,35H,7-8H2,1-3H3,(H,28,33)(H,29,30);3-4,7-10,13H,5-6,11H2,1-2H3,(H,22,26);3-8,18H,14H2,1-2H3. The third-order valence-electron chi connectivity index (χ3n) is 13.0. The Balaban J connectivity index is 0.000000153. The lowest BCUT2D eigenvalue weighted by molar-refractivity contribution is 0.0776. The van der Waals surface area contributed by atoms with Crippen molar-refractivity contribution < 1.29 is 24.5 Å². The summed E-state index contributed by atoms with van der Waals surface area (Å²) in [6.07, 6.45) is 13.3. The van der Waals surface area contributed by atoms with Crippen molar-refractivity contribution in [1.82, 2.24) is 58.9 Å². The van der Waals surface area contributed by atoms with Crippen LogP contribution < -0.4 is 47.8 Å². The Hall–Kier alpha value is -9.19. The molecule has 0 atom stereocenters. The number of pyridine rings is 4. The van der Waals surface area contributed by atoms with Gasteiger partial charge in [0.15, 0.2) is 33.7 Å². The molecule has 8 N–H and O–H groups in total. The number of halogens is 1. The Labute approximate surface area is 464 Å². The molecule has 1 aromatic carbocycles. The van der Waals surface area contributed by atoms with Gasteiger partial charge in [-0.2, -0.15) is 5.10 Å². The second-order valence-corrected chi connectivity index (χ2v) is 20.7. The van der Waals surface area contributed by atoms with Crippen LogP contribution in [0.2, 0.25) is 5.15 Å². The van der Waals surface area contributed by atoms with Crippen molar-refractivity contribution >= 4 is 63.3 Å². The summed E-state index contributed by atoms with van der Waals surface area (Å²) < 4.78 is 10.9. The molecule has 2 aliphatic carbocycles. The molecule has 9 aromatic rings. The van der Waals surface area contributed by atoms with Crippen LogP contribution in [0.15, 0.2) is 132 Å². The molecule has 24 heteroatoms. The van der Waals surface area contributed by atoms with Crippen molar-refractivity contribution in [3.8, 4) is 17.4 Å². The lowest BCUT2D eigenvalue weighted by atomic mass is 10.0. The van der Waals surface area contributed by atoms with E-state index in [-0.39, 0.29) is 46.4 Å². The third-order valence-corrected chi connectivity index (χ3v) is 13.2. The minimum Gasteiger partial charge on any atom is -0.497 e. The average molecular weight is 1110 g/mol. The van der Waals surface area contributed by atoms with Gasteiger partial charge in [-0.25, -0.2) is 29.0 Å². The van der Waals surface area contributed by atoms with Crippen LogP contribution in [0.4, 0.5) is 28.6 Å². The highest BCUT2D eigenvalue weighted by atomic mass is 35.5. The number of imidazole rings is 2. The molecule has 0 bridgehead atoms. The van der Waals surface area contributed by atoms with Crippen LogP contribution in [-0.4, -0.2) is 104 Å². The van der Waals surface area contributed by atoms with Crippen LogP contribution in [0, 0.1) is 0 Å². The van der Waals surface area contributed by atoms with E-state index in [2.05, 4.69) is 51.4 Å². The zero-order valence-corrected chi connectivity index (χ0v) is 45.8. The number of methoxy groups -OCH3 is 1. The van der Waals surface area contributed by atoms with Gasteiger partial charge in [0.2, 0.25) is 0 Å². The van der Waals surface area contributed by atoms with Gasteiger partial charge in [-0.3, -0.25) is 28.3 Å². The third kappa shape index (κ3) is 12.9. The van der Waals surface area contributed by atoms with Crippen molar-refractivity contribution in [2.45, 2.75) is 83.2 Å². The van der Waals surface area contributed by atoms with E-state index in [4.69, 9.17) is 22.1 Å². The monoisotopic (exact) mass is 1100 g/mol. The maximum absolute atomic E-state index is 13.2. The lowest BCUT2D eigenvalue weighted by Crippen LogP contribution is -2.27. The summed E-state index contributed by atoms with van der Waals surface area (Å²) in [5.74, 6) is 1.65. The second kappa shape index (κ2) is 23.0. The molecule has 414 valence electrons. The fourth-order valence-electron chi connectivity index (χ4n) is 8.17. The van der Waals surface area contributed by atoms with E-state index in [0.717, 1.165) is 42.7 Å². The minimum absolute atomic E-state index is 0.172. The number of rotatable bonds is 15. The Morgan fingerprint density at radius 1 is 0.713 bits per heavy atom. The highest BCUT2D eigenvalue weighted by Crippen LogP contribution is 2.28. The summed E-state index contributed by atoms with van der Waals surface area (Å²) in [6, 6.07) is 25.2. The van der Waals surface area contributed by atoms with Crippen molar-refractivity contribution in [2.24, 2.45) is 0 Å². The van der Waals surface area contributed by atoms with E-state index in [9.17, 15) is 29.4 Å². The predicted molar refractivity (Wildman–Crippen MR) is 304 cm³/mol. The lowest BCUT2D eigenvalue weighted by Gasteiger charge is -2.20. The molecule has 0 spiro atoms. The van der Waals surface area contributed by atoms with E-state index in [0.29, 0.717) is 68.6 Å². The summed E-state index contributed by atoms with van der Waals surface area (Å²) in [7, 11) is 5.34. The van der Waals surface area contributed by atoms with Crippen molar-refractivity contribution in [3.63, 3.8) is 0 Å². The molecule has 2 aliphatic rings. The van der Waals surface area contributed by atoms with E-state index in [1.54, 1.807) is 134 Å². The molecule has 2 saturated carbocycles. The van der Waals surface area contributed by atoms with Gasteiger partial charge in [-0.1, -0.05) is 35.9 Å². The molecule has 80 heavy (non-hydrogen) atoms. The second-order valence-electron chi connectivity index (χ2n) is 20.3. The molecule has 8 heterocycles. The van der Waals surface area contributed by atoms with Crippen LogP contribution >= 0.6 is 11.6 Å². The van der Waals surface area contributed by atoms with E-state index in [1.165, 1.54) is 24.4 Å². The first-order valence-corrected chi connectivity index (χ1v) is 26.0. The van der Waals surface area contributed by atoms with Crippen LogP contribution in [0.25, 0.3) is 22.9 Å². The predicted octanol–water partition coefficient (Wildman–Crippen LogP) is 6.14. The number of nitrogen functional groups attached to an aromatic ring is 1. The van der Waals surface area contributed by atoms with Gasteiger partial charge in [-0.05, 0) is 107 Å². The average Bonchev–Trinajstić information content (AvgIpc) is 4.41. The normalized spacial score (nSPS) is 13.1. The highest BCUT2D eigenvalue weighted by molar-refractivity contribution is 6.29. The number of aromatic nitrogens is 10. The SMILES string of the molecule is CC(C)(O)c1ccc(-n2cccc(N)c2=O)nc1.CNc1cc(Nc2cccn(-c3ccc(C(C)(C)O)cn3)c2=O)nn2c(C(=O)NC3CC3)cnc12.COc1ccc(CN(C)c2cc(Cl)nn3c(C(=O)NC4CC4)cnc23)cc1. The van der Waals surface area contributed by atoms with E-state index < -0.39 is 11.2 Å². The first-order valence-electron chi connectivity index (χ1n) is 25.6. The van der Waals surface area contributed by atoms with Crippen LogP contribution in [-0.2, 0) is 17.7 Å². The Kier molecular flexibility index (Phi) is 16.0. The van der Waals surface area contributed by atoms with Gasteiger partial charge in [0.25, 0.3) is 22.9 Å². The van der Waals surface area contributed by atoms with Crippen molar-refractivity contribution in [3.05, 3.63) is 176 Å². The van der Waals surface area contributed by atoms with Gasteiger partial charge in [0, 0.05) is 80.8 Å². The molecule has 0 unspecified atom stereocenters. The quantitative estimate of drug-likeness (QED) is 0.0606. The van der Waals surface area contributed by atoms with Crippen molar-refractivity contribution in [2.75, 3.05) is 42.5 Å². The number of hydrogen-bond acceptors (Lipinski definition) is 17. The molecule has 23 nitrogen and oxygen atoms in total. The summed E-state index contributed by atoms with van der Waals surface area (Å²) in [5.41, 5.74) is 9.07. The number of nitrogens with one attached hydrogen (secondary N) is 4. The fourth-order valence-corrected chi connectivity index (χ4v) is 8.35. The Morgan fingerprint density at radius 3 is 1.76 bits per heavy atom. The number of amides is 2. The zero-order valence-electron chi connectivity index (χ0n) is 45.0. The summed E-state index contributed by atoms with van der Waals surface area (Å²) in [4.78, 5) is 69.4. The number of nitrogens with zero attached hydrogens (tertiary/aromatic N) is 11. The van der Waals surface area contributed by atoms with Crippen LogP contribution in [0.5, 0.6) is 5.75 Å². The molecule has 0 aliphatic heterocycles. The Morgan fingerprint density at radius 2 is 1.25 bits per heavy atom. The number of anilines is 5. The summed E-state index contributed by atoms with van der Waals surface area (Å²) in [5, 5.41) is 41.1. The number of nitrogens with two attached hydrogens (primary N) is 1. The van der Waals surface area contributed by atoms with E-state index in [1.807, 2.05) is 36.2 Å². The van der Waals surface area contributed by atoms with Gasteiger partial charge in [0.05, 0.1) is 47.8 Å². The highest BCUT2D eigenvalue weighted by Gasteiger charge is 2.28. The molecular formula is C56H61ClN16O7. The van der Waals surface area contributed by atoms with Gasteiger partial charge < -0.3 is 46.9 Å². The number of carbonyl (C=O) groups excluding carboxylic acids is 2. The molecule has 0 saturated heterocycles. The minimum atomic E-state index is -1.03. The maximum Gasteiger partial charge on any atom is 0.279 e. The molecule has 2 fully saturated rings. The topological polar surface area (TPSA) is 291 Å². The molecule has 2 amide bonds. The number of hydrogen-bond donors (Lipinski definition) is 7. The number of carbonyl (C=O) groups is 2. The van der Waals surface area contributed by atoms with Crippen LogP contribution in [0.1, 0.15) is 91.0 Å². The maximum atomic E-state index is 13.2. The van der Waals surface area contributed by atoms with Gasteiger partial charge in [-0.15, -0.1) is 5.10 Å². The molecular weight excluding hydrogens is 1040 g/mol. The first-order chi connectivity index (χ1) is 38.2. The summed E-state index contributed by atoms with van der Waals surface area (Å²) >= 11 is 6.23. The van der Waals surface area contributed by atoms with E-state index >= 15 is 0 Å². The smallest absolute Gasteiger partial charge is 0.279 e. The largest absolute Gasteiger partial charge is 0.497 e. The first kappa shape index (κ1) is 55.6. The summed E-state index contributed by atoms with van der Waals surface area (Å²) in [6.45, 7) is 7.35. The fraction of sp³-hybridized carbons (Fsp3) is 0.286. The van der Waals surface area contributed by atoms with Crippen LogP contribution in [0.3, 0.4) is 0 Å². The zero-order chi connectivity index (χ0) is 57.0. The molecule has 8 aromatic heterocycles. The number of fused-ring (bicyclic) bond motifs is 2. The number of aliphatic hydroxyl groups is 2. The van der Waals surface area contributed by atoms with Crippen molar-refractivity contribution in [1.29, 1.82) is 0 Å². The number of ether oxygens (including phenoxy) is 1.